The normalized spacial score (nSPS) is 18.8. The molecule has 2 N–H and O–H groups in total. The highest BCUT2D eigenvalue weighted by Gasteiger charge is 2.34. The van der Waals surface area contributed by atoms with Gasteiger partial charge < -0.3 is 15.4 Å². The summed E-state index contributed by atoms with van der Waals surface area (Å²) in [6.07, 6.45) is 4.18. The maximum atomic E-state index is 13.6. The fraction of sp³-hybridized carbons (Fsp3) is 0.174. The molecule has 2 aromatic rings. The van der Waals surface area contributed by atoms with Gasteiger partial charge in [0, 0.05) is 29.9 Å². The molecule has 2 aromatic carbocycles. The van der Waals surface area contributed by atoms with Crippen molar-refractivity contribution in [1.82, 2.24) is 4.90 Å². The molecule has 0 bridgehead atoms. The van der Waals surface area contributed by atoms with Crippen LogP contribution in [-0.4, -0.2) is 37.0 Å². The first kappa shape index (κ1) is 16.1. The number of carbonyl (C=O) groups excluding carboxylic acids is 1. The lowest BCUT2D eigenvalue weighted by molar-refractivity contribution is -0.113. The van der Waals surface area contributed by atoms with Gasteiger partial charge in [0.05, 0.1) is 18.9 Å². The number of carbonyl (C=O) groups is 1. The van der Waals surface area contributed by atoms with Crippen molar-refractivity contribution in [3.63, 3.8) is 0 Å². The molecule has 1 fully saturated rings. The molecule has 5 rings (SSSR count). The van der Waals surface area contributed by atoms with E-state index < -0.39 is 0 Å². The zero-order valence-corrected chi connectivity index (χ0v) is 14.9. The molecule has 1 aliphatic heterocycles. The van der Waals surface area contributed by atoms with E-state index >= 15 is 0 Å². The summed E-state index contributed by atoms with van der Waals surface area (Å²) in [7, 11) is 0. The van der Waals surface area contributed by atoms with Gasteiger partial charge in [-0.2, -0.15) is 0 Å². The fourth-order valence-electron chi connectivity index (χ4n) is 4.04. The van der Waals surface area contributed by atoms with Gasteiger partial charge in [-0.05, 0) is 46.5 Å². The van der Waals surface area contributed by atoms with Crippen molar-refractivity contribution in [2.75, 3.05) is 32.0 Å². The summed E-state index contributed by atoms with van der Waals surface area (Å²) in [5.41, 5.74) is 13.4. The van der Waals surface area contributed by atoms with Gasteiger partial charge in [0.2, 0.25) is 5.78 Å². The van der Waals surface area contributed by atoms with Crippen molar-refractivity contribution in [1.29, 1.82) is 0 Å². The van der Waals surface area contributed by atoms with Gasteiger partial charge in [-0.15, -0.1) is 0 Å². The lowest BCUT2D eigenvalue weighted by Gasteiger charge is -2.34. The Kier molecular flexibility index (Phi) is 3.73. The number of nitrogen functional groups attached to an aromatic ring is 1. The number of Topliss-reactive ketones (excluding diaryl/α,β-unsaturated/α-hetero) is 1. The van der Waals surface area contributed by atoms with Gasteiger partial charge >= 0.3 is 0 Å². The zero-order valence-electron chi connectivity index (χ0n) is 14.9. The van der Waals surface area contributed by atoms with E-state index in [-0.39, 0.29) is 5.78 Å². The highest BCUT2D eigenvalue weighted by Crippen LogP contribution is 2.44. The number of fused-ring (bicyclic) bond motifs is 3. The summed E-state index contributed by atoms with van der Waals surface area (Å²) in [5, 5.41) is 0. The Morgan fingerprint density at radius 1 is 0.889 bits per heavy atom. The number of nitrogens with zero attached hydrogens (tertiary/aromatic N) is 1. The van der Waals surface area contributed by atoms with Gasteiger partial charge in [-0.25, -0.2) is 0 Å². The van der Waals surface area contributed by atoms with Crippen molar-refractivity contribution in [2.24, 2.45) is 0 Å². The number of allylic oxidation sites excluding steroid dienone is 4. The van der Waals surface area contributed by atoms with Gasteiger partial charge in [-0.3, -0.25) is 4.79 Å². The molecule has 134 valence electrons. The Balaban J connectivity index is 1.71. The van der Waals surface area contributed by atoms with Crippen LogP contribution in [-0.2, 0) is 9.53 Å². The molecule has 1 heterocycles. The van der Waals surface area contributed by atoms with Crippen LogP contribution < -0.4 is 5.73 Å². The van der Waals surface area contributed by atoms with E-state index in [1.807, 2.05) is 42.5 Å². The molecular formula is C23H20N2O2. The Bertz CT molecular complexity index is 1020. The van der Waals surface area contributed by atoms with Crippen molar-refractivity contribution in [3.05, 3.63) is 82.6 Å². The third-order valence-corrected chi connectivity index (χ3v) is 5.39. The number of hydrogen-bond acceptors (Lipinski definition) is 4. The van der Waals surface area contributed by atoms with Crippen molar-refractivity contribution in [2.45, 2.75) is 0 Å². The molecule has 1 saturated heterocycles. The molecule has 2 aliphatic carbocycles. The van der Waals surface area contributed by atoms with Gasteiger partial charge in [0.25, 0.3) is 0 Å². The van der Waals surface area contributed by atoms with Crippen LogP contribution in [0, 0.1) is 0 Å². The van der Waals surface area contributed by atoms with Crippen molar-refractivity contribution in [3.8, 4) is 0 Å². The lowest BCUT2D eigenvalue weighted by atomic mass is 9.86. The molecule has 27 heavy (non-hydrogen) atoms. The number of morpholine rings is 1. The number of ether oxygens (including phenoxy) is 1. The highest BCUT2D eigenvalue weighted by atomic mass is 16.5. The number of anilines is 1. The van der Waals surface area contributed by atoms with Crippen LogP contribution in [0.15, 0.2) is 65.9 Å². The molecule has 0 aromatic heterocycles. The van der Waals surface area contributed by atoms with Crippen LogP contribution in [0.25, 0.3) is 17.2 Å². The molecule has 0 saturated carbocycles. The van der Waals surface area contributed by atoms with Crippen LogP contribution in [0.5, 0.6) is 0 Å². The molecule has 4 nitrogen and oxygen atoms in total. The van der Waals surface area contributed by atoms with Gasteiger partial charge in [0.1, 0.15) is 0 Å². The first-order chi connectivity index (χ1) is 13.2. The topological polar surface area (TPSA) is 55.6 Å². The number of hydrogen-bond donors (Lipinski definition) is 1. The summed E-state index contributed by atoms with van der Waals surface area (Å²) < 4.78 is 5.50. The molecular weight excluding hydrogens is 336 g/mol. The van der Waals surface area contributed by atoms with E-state index in [9.17, 15) is 4.79 Å². The van der Waals surface area contributed by atoms with E-state index in [0.29, 0.717) is 18.9 Å². The van der Waals surface area contributed by atoms with Crippen LogP contribution >= 0.6 is 0 Å². The molecule has 0 radical (unpaired) electrons. The van der Waals surface area contributed by atoms with Gasteiger partial charge in [-0.1, -0.05) is 36.4 Å². The van der Waals surface area contributed by atoms with Crippen molar-refractivity contribution < 1.29 is 9.53 Å². The quantitative estimate of drug-likeness (QED) is 0.838. The summed E-state index contributed by atoms with van der Waals surface area (Å²) in [5.74, 6) is 0.0948. The SMILES string of the molecule is Nc1ccc(C2=C(N3CCOCC3)C(=O)C3=Cc4ccccc4C3=C2)cc1. The third kappa shape index (κ3) is 2.61. The van der Waals surface area contributed by atoms with Crippen LogP contribution in [0.3, 0.4) is 0 Å². The molecule has 4 heteroatoms. The van der Waals surface area contributed by atoms with Crippen LogP contribution in [0.4, 0.5) is 5.69 Å². The molecule has 3 aliphatic rings. The Labute approximate surface area is 158 Å². The van der Waals surface area contributed by atoms with Gasteiger partial charge in [0.15, 0.2) is 0 Å². The Morgan fingerprint density at radius 3 is 2.41 bits per heavy atom. The number of ketones is 1. The van der Waals surface area contributed by atoms with E-state index in [1.54, 1.807) is 0 Å². The summed E-state index contributed by atoms with van der Waals surface area (Å²) in [6, 6.07) is 15.9. The fourth-order valence-corrected chi connectivity index (χ4v) is 4.04. The summed E-state index contributed by atoms with van der Waals surface area (Å²) in [4.78, 5) is 15.7. The monoisotopic (exact) mass is 356 g/mol. The Hall–Kier alpha value is -3.11. The number of benzene rings is 2. The average molecular weight is 356 g/mol. The molecule has 0 atom stereocenters. The minimum absolute atomic E-state index is 0.0948. The Morgan fingerprint density at radius 2 is 1.63 bits per heavy atom. The smallest absolute Gasteiger partial charge is 0.210 e. The number of rotatable bonds is 2. The predicted molar refractivity (Wildman–Crippen MR) is 108 cm³/mol. The minimum Gasteiger partial charge on any atom is -0.399 e. The summed E-state index contributed by atoms with van der Waals surface area (Å²) in [6.45, 7) is 2.73. The first-order valence-corrected chi connectivity index (χ1v) is 9.23. The zero-order chi connectivity index (χ0) is 18.4. The second-order valence-corrected chi connectivity index (χ2v) is 7.02. The lowest BCUT2D eigenvalue weighted by Crippen LogP contribution is -2.39. The van der Waals surface area contributed by atoms with E-state index in [2.05, 4.69) is 23.1 Å². The standard InChI is InChI=1S/C23H20N2O2/c24-17-7-5-15(6-8-17)19-14-20-18-4-2-1-3-16(18)13-21(20)23(26)22(19)25-9-11-27-12-10-25/h1-8,13-14H,9-12,24H2. The minimum atomic E-state index is 0.0948. The first-order valence-electron chi connectivity index (χ1n) is 9.23. The van der Waals surface area contributed by atoms with Crippen LogP contribution in [0.1, 0.15) is 16.7 Å². The van der Waals surface area contributed by atoms with Crippen LogP contribution in [0.2, 0.25) is 0 Å². The average Bonchev–Trinajstić information content (AvgIpc) is 3.08. The molecule has 0 amide bonds. The predicted octanol–water partition coefficient (Wildman–Crippen LogP) is 3.38. The molecule has 0 unspecified atom stereocenters. The van der Waals surface area contributed by atoms with Crippen molar-refractivity contribution >= 4 is 28.7 Å². The highest BCUT2D eigenvalue weighted by molar-refractivity contribution is 6.30. The molecule has 0 spiro atoms. The van der Waals surface area contributed by atoms with E-state index in [4.69, 9.17) is 10.5 Å². The third-order valence-electron chi connectivity index (χ3n) is 5.39. The summed E-state index contributed by atoms with van der Waals surface area (Å²) >= 11 is 0. The second kappa shape index (κ2) is 6.25. The number of nitrogens with two attached hydrogens (primary N) is 1. The van der Waals surface area contributed by atoms with E-state index in [0.717, 1.165) is 52.2 Å². The van der Waals surface area contributed by atoms with E-state index in [1.165, 1.54) is 0 Å². The maximum Gasteiger partial charge on any atom is 0.210 e. The second-order valence-electron chi connectivity index (χ2n) is 7.02. The largest absolute Gasteiger partial charge is 0.399 e. The maximum absolute atomic E-state index is 13.6.